The average Bonchev–Trinajstić information content (AvgIpc) is 2.48. The molecule has 1 aliphatic heterocycles. The molecule has 0 radical (unpaired) electrons. The molecule has 5 nitrogen and oxygen atoms in total. The fraction of sp³-hybridized carbons (Fsp3) is 0.600. The molecule has 2 heterocycles. The van der Waals surface area contributed by atoms with Gasteiger partial charge in [-0.15, -0.1) is 0 Å². The van der Waals surface area contributed by atoms with E-state index in [0.717, 1.165) is 32.5 Å². The summed E-state index contributed by atoms with van der Waals surface area (Å²) in [7, 11) is 1.85. The molecule has 1 N–H and O–H groups in total. The summed E-state index contributed by atoms with van der Waals surface area (Å²) >= 11 is 0. The number of aromatic amines is 1. The molecule has 1 amide bonds. The van der Waals surface area contributed by atoms with Gasteiger partial charge in [0.15, 0.2) is 0 Å². The van der Waals surface area contributed by atoms with Crippen LogP contribution in [0.2, 0.25) is 0 Å². The SMILES string of the molecule is CCCN1CCC(N(C)C(=O)c2ccc(=O)[nH]c2)CC1. The van der Waals surface area contributed by atoms with Crippen molar-refractivity contribution in [3.05, 3.63) is 34.2 Å². The summed E-state index contributed by atoms with van der Waals surface area (Å²) in [5.74, 6) is -0.0183. The molecule has 0 unspecified atom stereocenters. The Morgan fingerprint density at radius 1 is 1.40 bits per heavy atom. The zero-order chi connectivity index (χ0) is 14.5. The topological polar surface area (TPSA) is 56.4 Å². The summed E-state index contributed by atoms with van der Waals surface area (Å²) in [6.45, 7) is 5.45. The Hall–Kier alpha value is -1.62. The minimum Gasteiger partial charge on any atom is -0.339 e. The van der Waals surface area contributed by atoms with Crippen LogP contribution in [0.25, 0.3) is 0 Å². The number of carbonyl (C=O) groups is 1. The molecule has 1 saturated heterocycles. The first-order valence-electron chi connectivity index (χ1n) is 7.30. The lowest BCUT2D eigenvalue weighted by Gasteiger charge is -2.36. The Morgan fingerprint density at radius 3 is 2.65 bits per heavy atom. The van der Waals surface area contributed by atoms with Crippen LogP contribution in [0, 0.1) is 0 Å². The van der Waals surface area contributed by atoms with Crippen molar-refractivity contribution >= 4 is 5.91 Å². The molecule has 0 aliphatic carbocycles. The Bertz CT molecular complexity index is 484. The normalized spacial score (nSPS) is 17.1. The van der Waals surface area contributed by atoms with Crippen molar-refractivity contribution in [1.82, 2.24) is 14.8 Å². The average molecular weight is 277 g/mol. The first-order valence-corrected chi connectivity index (χ1v) is 7.30. The van der Waals surface area contributed by atoms with E-state index in [1.165, 1.54) is 18.7 Å². The van der Waals surface area contributed by atoms with Gasteiger partial charge in [0.2, 0.25) is 5.56 Å². The number of H-pyrrole nitrogens is 1. The molecule has 0 bridgehead atoms. The number of piperidine rings is 1. The molecule has 0 spiro atoms. The van der Waals surface area contributed by atoms with Crippen molar-refractivity contribution in [3.8, 4) is 0 Å². The molecule has 0 atom stereocenters. The number of likely N-dealkylation sites (tertiary alicyclic amines) is 1. The van der Waals surface area contributed by atoms with Crippen LogP contribution in [-0.2, 0) is 0 Å². The van der Waals surface area contributed by atoms with Crippen LogP contribution in [0.5, 0.6) is 0 Å². The minimum atomic E-state index is -0.183. The molecule has 20 heavy (non-hydrogen) atoms. The number of carbonyl (C=O) groups excluding carboxylic acids is 1. The van der Waals surface area contributed by atoms with Gasteiger partial charge in [0.25, 0.3) is 5.91 Å². The minimum absolute atomic E-state index is 0.0183. The Morgan fingerprint density at radius 2 is 2.10 bits per heavy atom. The van der Waals surface area contributed by atoms with Gasteiger partial charge in [0, 0.05) is 38.4 Å². The fourth-order valence-electron chi connectivity index (χ4n) is 2.76. The van der Waals surface area contributed by atoms with E-state index in [4.69, 9.17) is 0 Å². The van der Waals surface area contributed by atoms with Gasteiger partial charge in [-0.1, -0.05) is 6.92 Å². The van der Waals surface area contributed by atoms with Crippen molar-refractivity contribution in [2.24, 2.45) is 0 Å². The smallest absolute Gasteiger partial charge is 0.255 e. The third-order valence-corrected chi connectivity index (χ3v) is 4.00. The molecule has 1 aromatic heterocycles. The van der Waals surface area contributed by atoms with Crippen LogP contribution in [0.15, 0.2) is 23.1 Å². The lowest BCUT2D eigenvalue weighted by molar-refractivity contribution is 0.0642. The standard InChI is InChI=1S/C15H23N3O2/c1-3-8-18-9-6-13(7-10-18)17(2)15(20)12-4-5-14(19)16-11-12/h4-5,11,13H,3,6-10H2,1-2H3,(H,16,19). The number of amides is 1. The van der Waals surface area contributed by atoms with E-state index in [0.29, 0.717) is 11.6 Å². The van der Waals surface area contributed by atoms with Gasteiger partial charge in [-0.05, 0) is 31.9 Å². The van der Waals surface area contributed by atoms with Crippen LogP contribution < -0.4 is 5.56 Å². The Kier molecular flexibility index (Phi) is 4.95. The highest BCUT2D eigenvalue weighted by Gasteiger charge is 2.25. The van der Waals surface area contributed by atoms with Crippen molar-refractivity contribution in [2.45, 2.75) is 32.2 Å². The van der Waals surface area contributed by atoms with Gasteiger partial charge in [0.1, 0.15) is 0 Å². The molecule has 110 valence electrons. The maximum Gasteiger partial charge on any atom is 0.255 e. The van der Waals surface area contributed by atoms with E-state index in [1.807, 2.05) is 11.9 Å². The number of pyridine rings is 1. The summed E-state index contributed by atoms with van der Waals surface area (Å²) in [5.41, 5.74) is 0.361. The molecule has 0 saturated carbocycles. The maximum absolute atomic E-state index is 12.4. The molecule has 1 aromatic rings. The number of rotatable bonds is 4. The van der Waals surface area contributed by atoms with Gasteiger partial charge < -0.3 is 14.8 Å². The van der Waals surface area contributed by atoms with Crippen LogP contribution >= 0.6 is 0 Å². The van der Waals surface area contributed by atoms with Crippen LogP contribution in [-0.4, -0.2) is 53.4 Å². The number of aromatic nitrogens is 1. The first-order chi connectivity index (χ1) is 9.61. The third-order valence-electron chi connectivity index (χ3n) is 4.00. The second-order valence-electron chi connectivity index (χ2n) is 5.43. The second kappa shape index (κ2) is 6.70. The lowest BCUT2D eigenvalue weighted by atomic mass is 10.0. The van der Waals surface area contributed by atoms with Gasteiger partial charge in [-0.3, -0.25) is 9.59 Å². The third kappa shape index (κ3) is 3.48. The van der Waals surface area contributed by atoms with Gasteiger partial charge in [-0.2, -0.15) is 0 Å². The number of nitrogens with one attached hydrogen (secondary N) is 1. The zero-order valence-electron chi connectivity index (χ0n) is 12.3. The summed E-state index contributed by atoms with van der Waals surface area (Å²) < 4.78 is 0. The quantitative estimate of drug-likeness (QED) is 0.903. The van der Waals surface area contributed by atoms with Crippen LogP contribution in [0.1, 0.15) is 36.5 Å². The zero-order valence-corrected chi connectivity index (χ0v) is 12.3. The highest BCUT2D eigenvalue weighted by Crippen LogP contribution is 2.17. The van der Waals surface area contributed by atoms with E-state index in [9.17, 15) is 9.59 Å². The molecule has 1 fully saturated rings. The summed E-state index contributed by atoms with van der Waals surface area (Å²) in [6.07, 6.45) is 4.71. The molecule has 2 rings (SSSR count). The predicted octanol–water partition coefficient (Wildman–Crippen LogP) is 1.32. The highest BCUT2D eigenvalue weighted by atomic mass is 16.2. The van der Waals surface area contributed by atoms with E-state index < -0.39 is 0 Å². The summed E-state index contributed by atoms with van der Waals surface area (Å²) in [4.78, 5) is 30.2. The monoisotopic (exact) mass is 277 g/mol. The van der Waals surface area contributed by atoms with Gasteiger partial charge in [0.05, 0.1) is 5.56 Å². The molecule has 1 aliphatic rings. The van der Waals surface area contributed by atoms with Gasteiger partial charge in [-0.25, -0.2) is 0 Å². The predicted molar refractivity (Wildman–Crippen MR) is 78.9 cm³/mol. The lowest BCUT2D eigenvalue weighted by Crippen LogP contribution is -2.45. The van der Waals surface area contributed by atoms with Crippen molar-refractivity contribution in [3.63, 3.8) is 0 Å². The van der Waals surface area contributed by atoms with Crippen LogP contribution in [0.4, 0.5) is 0 Å². The van der Waals surface area contributed by atoms with E-state index >= 15 is 0 Å². The molecular weight excluding hydrogens is 254 g/mol. The van der Waals surface area contributed by atoms with E-state index in [-0.39, 0.29) is 11.5 Å². The maximum atomic E-state index is 12.4. The van der Waals surface area contributed by atoms with Crippen LogP contribution in [0.3, 0.4) is 0 Å². The Balaban J connectivity index is 1.94. The molecular formula is C15H23N3O2. The number of nitrogens with zero attached hydrogens (tertiary/aromatic N) is 2. The Labute approximate surface area is 119 Å². The molecule has 0 aromatic carbocycles. The highest BCUT2D eigenvalue weighted by molar-refractivity contribution is 5.93. The summed E-state index contributed by atoms with van der Waals surface area (Å²) in [5, 5.41) is 0. The largest absolute Gasteiger partial charge is 0.339 e. The fourth-order valence-corrected chi connectivity index (χ4v) is 2.76. The second-order valence-corrected chi connectivity index (χ2v) is 5.43. The van der Waals surface area contributed by atoms with Crippen molar-refractivity contribution in [2.75, 3.05) is 26.7 Å². The first kappa shape index (κ1) is 14.8. The summed E-state index contributed by atoms with van der Waals surface area (Å²) in [6, 6.07) is 3.27. The molecule has 5 heteroatoms. The van der Waals surface area contributed by atoms with Gasteiger partial charge >= 0.3 is 0 Å². The van der Waals surface area contributed by atoms with E-state index in [1.54, 1.807) is 6.07 Å². The van der Waals surface area contributed by atoms with Crippen molar-refractivity contribution in [1.29, 1.82) is 0 Å². The van der Waals surface area contributed by atoms with E-state index in [2.05, 4.69) is 16.8 Å². The number of hydrogen-bond donors (Lipinski definition) is 1. The number of hydrogen-bond acceptors (Lipinski definition) is 3. The van der Waals surface area contributed by atoms with Crippen molar-refractivity contribution < 1.29 is 4.79 Å².